The largest absolute Gasteiger partial charge is 0.398 e. The molecule has 2 aromatic rings. The van der Waals surface area contributed by atoms with Crippen LogP contribution < -0.4 is 11.1 Å². The summed E-state index contributed by atoms with van der Waals surface area (Å²) < 4.78 is 0. The van der Waals surface area contributed by atoms with Gasteiger partial charge >= 0.3 is 0 Å². The molecular formula is C13H14N4O. The van der Waals surface area contributed by atoms with Crippen LogP contribution in [0.25, 0.3) is 0 Å². The lowest BCUT2D eigenvalue weighted by Crippen LogP contribution is -2.24. The molecule has 0 aliphatic heterocycles. The first kappa shape index (κ1) is 12.0. The fourth-order valence-electron chi connectivity index (χ4n) is 1.57. The van der Waals surface area contributed by atoms with Crippen molar-refractivity contribution in [3.63, 3.8) is 0 Å². The molecule has 0 saturated carbocycles. The van der Waals surface area contributed by atoms with E-state index >= 15 is 0 Å². The Hall–Kier alpha value is -2.43. The van der Waals surface area contributed by atoms with Crippen LogP contribution in [0.1, 0.15) is 21.9 Å². The number of hydrogen-bond donors (Lipinski definition) is 2. The third kappa shape index (κ3) is 2.82. The molecule has 1 amide bonds. The summed E-state index contributed by atoms with van der Waals surface area (Å²) in [6.07, 6.45) is 1.67. The monoisotopic (exact) mass is 242 g/mol. The molecule has 92 valence electrons. The van der Waals surface area contributed by atoms with Gasteiger partial charge in [-0.3, -0.25) is 4.79 Å². The molecule has 0 bridgehead atoms. The Morgan fingerprint density at radius 1 is 1.33 bits per heavy atom. The summed E-state index contributed by atoms with van der Waals surface area (Å²) in [5.74, 6) is 0.477. The van der Waals surface area contributed by atoms with Crippen LogP contribution >= 0.6 is 0 Å². The number of nitrogen functional groups attached to an aromatic ring is 1. The maximum atomic E-state index is 11.9. The van der Waals surface area contributed by atoms with Gasteiger partial charge in [-0.25, -0.2) is 9.97 Å². The van der Waals surface area contributed by atoms with Gasteiger partial charge in [0.15, 0.2) is 0 Å². The van der Waals surface area contributed by atoms with E-state index in [1.807, 2.05) is 0 Å². The first-order valence-electron chi connectivity index (χ1n) is 5.58. The Bertz CT molecular complexity index is 568. The van der Waals surface area contributed by atoms with Crippen LogP contribution in [-0.4, -0.2) is 15.9 Å². The quantitative estimate of drug-likeness (QED) is 0.795. The number of amides is 1. The van der Waals surface area contributed by atoms with E-state index in [0.29, 0.717) is 23.6 Å². The maximum absolute atomic E-state index is 11.9. The van der Waals surface area contributed by atoms with E-state index in [2.05, 4.69) is 15.3 Å². The topological polar surface area (TPSA) is 80.9 Å². The average Bonchev–Trinajstić information content (AvgIpc) is 2.37. The summed E-state index contributed by atoms with van der Waals surface area (Å²) in [7, 11) is 0. The zero-order chi connectivity index (χ0) is 13.0. The van der Waals surface area contributed by atoms with Crippen molar-refractivity contribution in [1.82, 2.24) is 15.3 Å². The Kier molecular flexibility index (Phi) is 3.52. The van der Waals surface area contributed by atoms with Gasteiger partial charge in [-0.1, -0.05) is 12.1 Å². The molecule has 5 nitrogen and oxygen atoms in total. The standard InChI is InChI=1S/C13H14N4O/c1-9-15-7-6-10(17-9)8-16-13(18)11-4-2-3-5-12(11)14/h2-7H,8,14H2,1H3,(H,16,18). The van der Waals surface area contributed by atoms with E-state index in [1.165, 1.54) is 0 Å². The van der Waals surface area contributed by atoms with Crippen molar-refractivity contribution in [2.75, 3.05) is 5.73 Å². The second-order valence-corrected chi connectivity index (χ2v) is 3.87. The van der Waals surface area contributed by atoms with Gasteiger partial charge in [0, 0.05) is 11.9 Å². The number of nitrogens with one attached hydrogen (secondary N) is 1. The van der Waals surface area contributed by atoms with Crippen LogP contribution in [0.15, 0.2) is 36.5 Å². The number of aryl methyl sites for hydroxylation is 1. The first-order valence-corrected chi connectivity index (χ1v) is 5.58. The highest BCUT2D eigenvalue weighted by atomic mass is 16.1. The van der Waals surface area contributed by atoms with E-state index in [4.69, 9.17) is 5.73 Å². The highest BCUT2D eigenvalue weighted by Gasteiger charge is 2.08. The molecule has 0 radical (unpaired) electrons. The second kappa shape index (κ2) is 5.27. The summed E-state index contributed by atoms with van der Waals surface area (Å²) in [5.41, 5.74) is 7.44. The number of anilines is 1. The second-order valence-electron chi connectivity index (χ2n) is 3.87. The van der Waals surface area contributed by atoms with E-state index in [1.54, 1.807) is 43.5 Å². The molecule has 0 atom stereocenters. The molecule has 0 saturated heterocycles. The molecule has 2 rings (SSSR count). The molecule has 0 aliphatic carbocycles. The number of rotatable bonds is 3. The average molecular weight is 242 g/mol. The summed E-state index contributed by atoms with van der Waals surface area (Å²) in [6, 6.07) is 8.72. The molecule has 1 aromatic carbocycles. The summed E-state index contributed by atoms with van der Waals surface area (Å²) in [4.78, 5) is 20.1. The van der Waals surface area contributed by atoms with Gasteiger partial charge in [-0.05, 0) is 25.1 Å². The van der Waals surface area contributed by atoms with Crippen LogP contribution in [0.5, 0.6) is 0 Å². The SMILES string of the molecule is Cc1nccc(CNC(=O)c2ccccc2N)n1. The normalized spacial score (nSPS) is 10.1. The predicted octanol–water partition coefficient (Wildman–Crippen LogP) is 1.30. The lowest BCUT2D eigenvalue weighted by atomic mass is 10.1. The highest BCUT2D eigenvalue weighted by Crippen LogP contribution is 2.10. The Morgan fingerprint density at radius 2 is 2.11 bits per heavy atom. The molecule has 0 fully saturated rings. The van der Waals surface area contributed by atoms with Crippen LogP contribution in [0.4, 0.5) is 5.69 Å². The maximum Gasteiger partial charge on any atom is 0.253 e. The van der Waals surface area contributed by atoms with Crippen molar-refractivity contribution in [2.45, 2.75) is 13.5 Å². The van der Waals surface area contributed by atoms with Gasteiger partial charge in [-0.2, -0.15) is 0 Å². The Morgan fingerprint density at radius 3 is 2.83 bits per heavy atom. The van der Waals surface area contributed by atoms with Crippen molar-refractivity contribution in [3.8, 4) is 0 Å². The van der Waals surface area contributed by atoms with Gasteiger partial charge in [-0.15, -0.1) is 0 Å². The summed E-state index contributed by atoms with van der Waals surface area (Å²) in [5, 5.41) is 2.77. The van der Waals surface area contributed by atoms with Crippen LogP contribution in [0.3, 0.4) is 0 Å². The number of nitrogens with zero attached hydrogens (tertiary/aromatic N) is 2. The lowest BCUT2D eigenvalue weighted by molar-refractivity contribution is 0.0951. The zero-order valence-corrected chi connectivity index (χ0v) is 10.1. The predicted molar refractivity (Wildman–Crippen MR) is 68.8 cm³/mol. The van der Waals surface area contributed by atoms with Crippen molar-refractivity contribution in [1.29, 1.82) is 0 Å². The zero-order valence-electron chi connectivity index (χ0n) is 10.1. The molecule has 3 N–H and O–H groups in total. The summed E-state index contributed by atoms with van der Waals surface area (Å²) in [6.45, 7) is 2.16. The minimum atomic E-state index is -0.204. The Balaban J connectivity index is 2.03. The van der Waals surface area contributed by atoms with Crippen molar-refractivity contribution < 1.29 is 4.79 Å². The van der Waals surface area contributed by atoms with Gasteiger partial charge in [0.1, 0.15) is 5.82 Å². The number of hydrogen-bond acceptors (Lipinski definition) is 4. The minimum absolute atomic E-state index is 0.204. The molecule has 18 heavy (non-hydrogen) atoms. The molecule has 1 aromatic heterocycles. The number of carbonyl (C=O) groups excluding carboxylic acids is 1. The molecule has 1 heterocycles. The fourth-order valence-corrected chi connectivity index (χ4v) is 1.57. The molecule has 0 unspecified atom stereocenters. The van der Waals surface area contributed by atoms with Crippen molar-refractivity contribution >= 4 is 11.6 Å². The minimum Gasteiger partial charge on any atom is -0.398 e. The number of aromatic nitrogens is 2. The van der Waals surface area contributed by atoms with E-state index < -0.39 is 0 Å². The smallest absolute Gasteiger partial charge is 0.253 e. The number of nitrogens with two attached hydrogens (primary N) is 1. The first-order chi connectivity index (χ1) is 8.66. The van der Waals surface area contributed by atoms with Crippen molar-refractivity contribution in [3.05, 3.63) is 53.6 Å². The Labute approximate surface area is 105 Å². The van der Waals surface area contributed by atoms with Gasteiger partial charge < -0.3 is 11.1 Å². The van der Waals surface area contributed by atoms with Gasteiger partial charge in [0.2, 0.25) is 0 Å². The lowest BCUT2D eigenvalue weighted by Gasteiger charge is -2.07. The molecule has 0 aliphatic rings. The van der Waals surface area contributed by atoms with Crippen LogP contribution in [0.2, 0.25) is 0 Å². The van der Waals surface area contributed by atoms with Gasteiger partial charge in [0.05, 0.1) is 17.8 Å². The number of benzene rings is 1. The van der Waals surface area contributed by atoms with Crippen LogP contribution in [0, 0.1) is 6.92 Å². The van der Waals surface area contributed by atoms with E-state index in [9.17, 15) is 4.79 Å². The van der Waals surface area contributed by atoms with Gasteiger partial charge in [0.25, 0.3) is 5.91 Å². The molecular weight excluding hydrogens is 228 g/mol. The number of carbonyl (C=O) groups is 1. The van der Waals surface area contributed by atoms with Crippen LogP contribution in [-0.2, 0) is 6.54 Å². The third-order valence-electron chi connectivity index (χ3n) is 2.47. The number of para-hydroxylation sites is 1. The van der Waals surface area contributed by atoms with E-state index in [-0.39, 0.29) is 5.91 Å². The fraction of sp³-hybridized carbons (Fsp3) is 0.154. The highest BCUT2D eigenvalue weighted by molar-refractivity contribution is 5.98. The molecule has 0 spiro atoms. The summed E-state index contributed by atoms with van der Waals surface area (Å²) >= 11 is 0. The van der Waals surface area contributed by atoms with Crippen molar-refractivity contribution in [2.24, 2.45) is 0 Å². The molecule has 5 heteroatoms. The third-order valence-corrected chi connectivity index (χ3v) is 2.47. The van der Waals surface area contributed by atoms with E-state index in [0.717, 1.165) is 5.69 Å².